The van der Waals surface area contributed by atoms with Gasteiger partial charge in [-0.1, -0.05) is 32.9 Å². The highest BCUT2D eigenvalue weighted by Crippen LogP contribution is 2.23. The van der Waals surface area contributed by atoms with Gasteiger partial charge in [0.15, 0.2) is 0 Å². The van der Waals surface area contributed by atoms with Crippen LogP contribution in [0.5, 0.6) is 0 Å². The molecule has 24 heavy (non-hydrogen) atoms. The number of primary amides is 1. The second kappa shape index (κ2) is 7.21. The number of carbonyl (C=O) groups excluding carboxylic acids is 1. The van der Waals surface area contributed by atoms with Crippen molar-refractivity contribution in [3.8, 4) is 0 Å². The highest BCUT2D eigenvalue weighted by molar-refractivity contribution is 7.89. The Kier molecular flexibility index (Phi) is 5.67. The first-order valence-electron chi connectivity index (χ1n) is 8.21. The lowest BCUT2D eigenvalue weighted by atomic mass is 9.87. The molecule has 7 heteroatoms. The monoisotopic (exact) mass is 353 g/mol. The molecule has 0 bridgehead atoms. The number of hydrogen-bond donors (Lipinski definition) is 2. The van der Waals surface area contributed by atoms with Crippen molar-refractivity contribution in [2.45, 2.75) is 50.0 Å². The summed E-state index contributed by atoms with van der Waals surface area (Å²) in [6.45, 7) is 7.69. The molecule has 2 rings (SSSR count). The van der Waals surface area contributed by atoms with Gasteiger partial charge >= 0.3 is 0 Å². The molecule has 1 saturated heterocycles. The van der Waals surface area contributed by atoms with Gasteiger partial charge in [-0.3, -0.25) is 9.69 Å². The Balaban J connectivity index is 2.06. The Morgan fingerprint density at radius 2 is 1.92 bits per heavy atom. The highest BCUT2D eigenvalue weighted by atomic mass is 32.2. The van der Waals surface area contributed by atoms with Crippen molar-refractivity contribution >= 4 is 15.9 Å². The van der Waals surface area contributed by atoms with E-state index in [4.69, 9.17) is 5.73 Å². The lowest BCUT2D eigenvalue weighted by Crippen LogP contribution is -2.49. The first-order chi connectivity index (χ1) is 11.1. The lowest BCUT2D eigenvalue weighted by Gasteiger charge is -2.32. The number of nitrogens with two attached hydrogens (primary N) is 1. The van der Waals surface area contributed by atoms with Gasteiger partial charge in [-0.15, -0.1) is 0 Å². The fourth-order valence-electron chi connectivity index (χ4n) is 2.94. The molecule has 0 unspecified atom stereocenters. The second-order valence-electron chi connectivity index (χ2n) is 7.44. The van der Waals surface area contributed by atoms with Crippen LogP contribution < -0.4 is 10.5 Å². The van der Waals surface area contributed by atoms with Crippen LogP contribution in [-0.4, -0.2) is 44.9 Å². The summed E-state index contributed by atoms with van der Waals surface area (Å²) in [5.41, 5.74) is 6.29. The van der Waals surface area contributed by atoms with Gasteiger partial charge in [0.2, 0.25) is 15.9 Å². The molecule has 1 aliphatic rings. The SMILES string of the molecule is CC(C)(C)c1ccc(S(=O)(=O)N[C@@H]2CCCN(CC(N)=O)C2)cc1. The first-order valence-corrected chi connectivity index (χ1v) is 9.70. The van der Waals surface area contributed by atoms with E-state index in [0.717, 1.165) is 24.9 Å². The van der Waals surface area contributed by atoms with Gasteiger partial charge in [-0.05, 0) is 42.5 Å². The fourth-order valence-corrected chi connectivity index (χ4v) is 4.20. The Hall–Kier alpha value is -1.44. The third kappa shape index (κ3) is 5.03. The summed E-state index contributed by atoms with van der Waals surface area (Å²) in [5, 5.41) is 0. The van der Waals surface area contributed by atoms with Crippen LogP contribution >= 0.6 is 0 Å². The van der Waals surface area contributed by atoms with Crippen molar-refractivity contribution in [2.24, 2.45) is 5.73 Å². The minimum Gasteiger partial charge on any atom is -0.369 e. The molecule has 6 nitrogen and oxygen atoms in total. The minimum atomic E-state index is -3.57. The van der Waals surface area contributed by atoms with Gasteiger partial charge in [0.25, 0.3) is 0 Å². The molecule has 0 radical (unpaired) electrons. The fraction of sp³-hybridized carbons (Fsp3) is 0.588. The van der Waals surface area contributed by atoms with Gasteiger partial charge in [-0.25, -0.2) is 13.1 Å². The van der Waals surface area contributed by atoms with Crippen LogP contribution in [-0.2, 0) is 20.2 Å². The second-order valence-corrected chi connectivity index (χ2v) is 9.15. The molecule has 1 heterocycles. The summed E-state index contributed by atoms with van der Waals surface area (Å²) in [6.07, 6.45) is 1.60. The number of likely N-dealkylation sites (tertiary alicyclic amines) is 1. The number of piperidine rings is 1. The zero-order valence-corrected chi connectivity index (χ0v) is 15.4. The van der Waals surface area contributed by atoms with Crippen LogP contribution in [0.1, 0.15) is 39.2 Å². The lowest BCUT2D eigenvalue weighted by molar-refractivity contribution is -0.119. The summed E-state index contributed by atoms with van der Waals surface area (Å²) >= 11 is 0. The Labute approximate surface area is 144 Å². The zero-order valence-electron chi connectivity index (χ0n) is 14.6. The average molecular weight is 353 g/mol. The van der Waals surface area contributed by atoms with E-state index in [0.29, 0.717) is 6.54 Å². The predicted octanol–water partition coefficient (Wildman–Crippen LogP) is 1.21. The van der Waals surface area contributed by atoms with E-state index < -0.39 is 15.9 Å². The Bertz CT molecular complexity index is 678. The molecule has 3 N–H and O–H groups in total. The molecule has 0 spiro atoms. The third-order valence-electron chi connectivity index (χ3n) is 4.24. The van der Waals surface area contributed by atoms with E-state index in [2.05, 4.69) is 25.5 Å². The number of amides is 1. The maximum atomic E-state index is 12.6. The molecule has 1 aromatic carbocycles. The summed E-state index contributed by atoms with van der Waals surface area (Å²) < 4.78 is 27.9. The van der Waals surface area contributed by atoms with E-state index in [9.17, 15) is 13.2 Å². The molecule has 1 amide bonds. The van der Waals surface area contributed by atoms with Crippen molar-refractivity contribution in [2.75, 3.05) is 19.6 Å². The largest absolute Gasteiger partial charge is 0.369 e. The summed E-state index contributed by atoms with van der Waals surface area (Å²) in [6, 6.07) is 6.80. The maximum Gasteiger partial charge on any atom is 0.240 e. The maximum absolute atomic E-state index is 12.6. The zero-order chi connectivity index (χ0) is 18.0. The van der Waals surface area contributed by atoms with Crippen LogP contribution in [0.25, 0.3) is 0 Å². The van der Waals surface area contributed by atoms with Crippen LogP contribution in [0.2, 0.25) is 0 Å². The van der Waals surface area contributed by atoms with E-state index in [1.807, 2.05) is 17.0 Å². The van der Waals surface area contributed by atoms with E-state index >= 15 is 0 Å². The Morgan fingerprint density at radius 3 is 2.46 bits per heavy atom. The topological polar surface area (TPSA) is 92.5 Å². The van der Waals surface area contributed by atoms with Crippen molar-refractivity contribution in [3.05, 3.63) is 29.8 Å². The summed E-state index contributed by atoms with van der Waals surface area (Å²) in [5.74, 6) is -0.392. The first kappa shape index (κ1) is 18.9. The minimum absolute atomic E-state index is 0.0195. The smallest absolute Gasteiger partial charge is 0.240 e. The average Bonchev–Trinajstić information content (AvgIpc) is 2.45. The summed E-state index contributed by atoms with van der Waals surface area (Å²) in [4.78, 5) is 13.2. The molecular weight excluding hydrogens is 326 g/mol. The van der Waals surface area contributed by atoms with Gasteiger partial charge in [-0.2, -0.15) is 0 Å². The van der Waals surface area contributed by atoms with Crippen LogP contribution in [0.3, 0.4) is 0 Å². The van der Waals surface area contributed by atoms with Gasteiger partial charge in [0.05, 0.1) is 11.4 Å². The van der Waals surface area contributed by atoms with E-state index in [1.165, 1.54) is 0 Å². The third-order valence-corrected chi connectivity index (χ3v) is 5.77. The molecular formula is C17H27N3O3S. The number of nitrogens with one attached hydrogen (secondary N) is 1. The van der Waals surface area contributed by atoms with Gasteiger partial charge in [0, 0.05) is 12.6 Å². The Morgan fingerprint density at radius 1 is 1.29 bits per heavy atom. The van der Waals surface area contributed by atoms with Crippen molar-refractivity contribution in [1.82, 2.24) is 9.62 Å². The molecule has 134 valence electrons. The number of sulfonamides is 1. The van der Waals surface area contributed by atoms with E-state index in [1.54, 1.807) is 12.1 Å². The number of nitrogens with zero attached hydrogens (tertiary/aromatic N) is 1. The molecule has 1 atom stereocenters. The summed E-state index contributed by atoms with van der Waals surface area (Å²) in [7, 11) is -3.57. The van der Waals surface area contributed by atoms with Gasteiger partial charge in [0.1, 0.15) is 0 Å². The molecule has 0 aliphatic carbocycles. The molecule has 1 fully saturated rings. The molecule has 0 aromatic heterocycles. The van der Waals surface area contributed by atoms with Gasteiger partial charge < -0.3 is 5.73 Å². The van der Waals surface area contributed by atoms with Crippen LogP contribution in [0.4, 0.5) is 0 Å². The van der Waals surface area contributed by atoms with Crippen molar-refractivity contribution in [1.29, 1.82) is 0 Å². The van der Waals surface area contributed by atoms with E-state index in [-0.39, 0.29) is 22.9 Å². The standard InChI is InChI=1S/C17H27N3O3S/c1-17(2,3)13-6-8-15(9-7-13)24(22,23)19-14-5-4-10-20(11-14)12-16(18)21/h6-9,14,19H,4-5,10-12H2,1-3H3,(H2,18,21)/t14-/m1/s1. The molecule has 1 aromatic rings. The van der Waals surface area contributed by atoms with Crippen LogP contribution in [0.15, 0.2) is 29.2 Å². The van der Waals surface area contributed by atoms with Crippen molar-refractivity contribution < 1.29 is 13.2 Å². The number of benzene rings is 1. The van der Waals surface area contributed by atoms with Crippen molar-refractivity contribution in [3.63, 3.8) is 0 Å². The quantitative estimate of drug-likeness (QED) is 0.832. The number of carbonyl (C=O) groups is 1. The number of hydrogen-bond acceptors (Lipinski definition) is 4. The predicted molar refractivity (Wildman–Crippen MR) is 94.1 cm³/mol. The number of rotatable bonds is 5. The molecule has 1 aliphatic heterocycles. The molecule has 0 saturated carbocycles. The highest BCUT2D eigenvalue weighted by Gasteiger charge is 2.26. The normalized spacial score (nSPS) is 20.0. The van der Waals surface area contributed by atoms with Crippen LogP contribution in [0, 0.1) is 0 Å².